The van der Waals surface area contributed by atoms with Gasteiger partial charge in [0.05, 0.1) is 0 Å². The zero-order valence-corrected chi connectivity index (χ0v) is 13.5. The molecule has 0 aliphatic heterocycles. The minimum absolute atomic E-state index is 0.757. The molecule has 112 valence electrons. The van der Waals surface area contributed by atoms with Gasteiger partial charge in [0, 0.05) is 30.7 Å². The first-order valence-electron chi connectivity index (χ1n) is 7.19. The van der Waals surface area contributed by atoms with E-state index in [4.69, 9.17) is 11.6 Å². The number of benzene rings is 1. The molecule has 0 radical (unpaired) electrons. The Morgan fingerprint density at radius 2 is 2.05 bits per heavy atom. The molecule has 0 atom stereocenters. The normalized spacial score (nSPS) is 10.5. The molecule has 0 bridgehead atoms. The Hall–Kier alpha value is -1.81. The van der Waals surface area contributed by atoms with Gasteiger partial charge >= 0.3 is 0 Å². The van der Waals surface area contributed by atoms with Crippen LogP contribution in [0.25, 0.3) is 0 Å². The van der Waals surface area contributed by atoms with Crippen molar-refractivity contribution in [1.29, 1.82) is 0 Å². The lowest BCUT2D eigenvalue weighted by Gasteiger charge is -2.22. The highest BCUT2D eigenvalue weighted by atomic mass is 35.5. The van der Waals surface area contributed by atoms with Crippen LogP contribution < -0.4 is 10.2 Å². The van der Waals surface area contributed by atoms with Crippen molar-refractivity contribution in [3.05, 3.63) is 46.7 Å². The zero-order chi connectivity index (χ0) is 15.2. The summed E-state index contributed by atoms with van der Waals surface area (Å²) in [6.45, 7) is 5.80. The lowest BCUT2D eigenvalue weighted by Crippen LogP contribution is -2.20. The lowest BCUT2D eigenvalue weighted by molar-refractivity contribution is 0.870. The van der Waals surface area contributed by atoms with Gasteiger partial charge in [-0.05, 0) is 31.0 Å². The Kier molecular flexibility index (Phi) is 5.39. The fourth-order valence-electron chi connectivity index (χ4n) is 2.36. The van der Waals surface area contributed by atoms with Crippen molar-refractivity contribution in [2.45, 2.75) is 26.8 Å². The molecule has 0 aliphatic carbocycles. The van der Waals surface area contributed by atoms with Crippen molar-refractivity contribution in [2.75, 3.05) is 23.8 Å². The molecule has 4 nitrogen and oxygen atoms in total. The third-order valence-electron chi connectivity index (χ3n) is 3.29. The molecule has 1 N–H and O–H groups in total. The van der Waals surface area contributed by atoms with Crippen LogP contribution in [0.4, 0.5) is 11.6 Å². The number of rotatable bonds is 6. The second-order valence-corrected chi connectivity index (χ2v) is 5.33. The van der Waals surface area contributed by atoms with Crippen molar-refractivity contribution in [3.63, 3.8) is 0 Å². The smallest absolute Gasteiger partial charge is 0.137 e. The average molecular weight is 305 g/mol. The Morgan fingerprint density at radius 3 is 2.71 bits per heavy atom. The maximum absolute atomic E-state index is 6.05. The number of hydrogen-bond donors (Lipinski definition) is 1. The summed E-state index contributed by atoms with van der Waals surface area (Å²) in [5.74, 6) is 1.88. The molecule has 0 fully saturated rings. The molecule has 0 spiro atoms. The molecule has 1 heterocycles. The molecule has 2 rings (SSSR count). The molecule has 5 heteroatoms. The van der Waals surface area contributed by atoms with Crippen LogP contribution in [0.2, 0.25) is 5.02 Å². The number of nitrogens with one attached hydrogen (secondary N) is 1. The predicted molar refractivity (Wildman–Crippen MR) is 89.1 cm³/mol. The van der Waals surface area contributed by atoms with E-state index >= 15 is 0 Å². The van der Waals surface area contributed by atoms with E-state index in [1.807, 2.05) is 25.2 Å². The predicted octanol–water partition coefficient (Wildman–Crippen LogP) is 3.76. The van der Waals surface area contributed by atoms with Crippen LogP contribution in [0.15, 0.2) is 30.6 Å². The minimum Gasteiger partial charge on any atom is -0.370 e. The number of halogens is 1. The Morgan fingerprint density at radius 1 is 1.24 bits per heavy atom. The molecule has 2 aromatic rings. The van der Waals surface area contributed by atoms with Crippen LogP contribution in [0.1, 0.15) is 25.0 Å². The van der Waals surface area contributed by atoms with E-state index < -0.39 is 0 Å². The van der Waals surface area contributed by atoms with Crippen LogP contribution in [-0.4, -0.2) is 23.6 Å². The van der Waals surface area contributed by atoms with Gasteiger partial charge in [-0.1, -0.05) is 30.7 Å². The molecular formula is C16H21ClN4. The summed E-state index contributed by atoms with van der Waals surface area (Å²) in [5.41, 5.74) is 2.31. The topological polar surface area (TPSA) is 41.1 Å². The van der Waals surface area contributed by atoms with E-state index in [-0.39, 0.29) is 0 Å². The Bertz CT molecular complexity index is 601. The van der Waals surface area contributed by atoms with Gasteiger partial charge in [-0.2, -0.15) is 0 Å². The minimum atomic E-state index is 0.757. The van der Waals surface area contributed by atoms with E-state index in [1.165, 1.54) is 0 Å². The molecular weight excluding hydrogens is 284 g/mol. The highest BCUT2D eigenvalue weighted by Crippen LogP contribution is 2.24. The zero-order valence-electron chi connectivity index (χ0n) is 12.7. The summed E-state index contributed by atoms with van der Waals surface area (Å²) in [6, 6.07) is 7.91. The second-order valence-electron chi connectivity index (χ2n) is 4.89. The fraction of sp³-hybridized carbons (Fsp3) is 0.375. The molecule has 0 saturated carbocycles. The number of anilines is 2. The molecule has 0 aliphatic rings. The second kappa shape index (κ2) is 7.27. The van der Waals surface area contributed by atoms with Crippen LogP contribution in [0.5, 0.6) is 0 Å². The van der Waals surface area contributed by atoms with Crippen molar-refractivity contribution >= 4 is 23.2 Å². The van der Waals surface area contributed by atoms with Crippen molar-refractivity contribution in [3.8, 4) is 0 Å². The van der Waals surface area contributed by atoms with Crippen molar-refractivity contribution in [1.82, 2.24) is 9.97 Å². The Labute approximate surface area is 131 Å². The first-order chi connectivity index (χ1) is 10.2. The average Bonchev–Trinajstić information content (AvgIpc) is 2.47. The molecule has 1 aromatic carbocycles. The molecule has 0 saturated heterocycles. The van der Waals surface area contributed by atoms with E-state index in [2.05, 4.69) is 40.1 Å². The molecule has 0 unspecified atom stereocenters. The highest BCUT2D eigenvalue weighted by molar-refractivity contribution is 6.30. The molecule has 21 heavy (non-hydrogen) atoms. The summed E-state index contributed by atoms with van der Waals surface area (Å²) in [4.78, 5) is 10.9. The fourth-order valence-corrected chi connectivity index (χ4v) is 2.57. The summed E-state index contributed by atoms with van der Waals surface area (Å²) >= 11 is 6.05. The van der Waals surface area contributed by atoms with Crippen LogP contribution in [-0.2, 0) is 13.0 Å². The number of aromatic nitrogens is 2. The summed E-state index contributed by atoms with van der Waals surface area (Å²) in [5, 5.41) is 4.05. The van der Waals surface area contributed by atoms with Gasteiger partial charge in [-0.25, -0.2) is 9.97 Å². The SMILES string of the molecule is CCNc1ncnc(N(C)Cc2cccc(Cl)c2)c1CC. The third-order valence-corrected chi connectivity index (χ3v) is 3.53. The van der Waals surface area contributed by atoms with Gasteiger partial charge in [-0.3, -0.25) is 0 Å². The van der Waals surface area contributed by atoms with E-state index in [9.17, 15) is 0 Å². The first-order valence-corrected chi connectivity index (χ1v) is 7.56. The standard InChI is InChI=1S/C16H21ClN4/c1-4-14-15(18-5-2)19-11-20-16(14)21(3)10-12-7-6-8-13(17)9-12/h6-9,11H,4-5,10H2,1-3H3,(H,18,19,20). The summed E-state index contributed by atoms with van der Waals surface area (Å²) < 4.78 is 0. The van der Waals surface area contributed by atoms with Crippen LogP contribution >= 0.6 is 11.6 Å². The maximum Gasteiger partial charge on any atom is 0.137 e. The van der Waals surface area contributed by atoms with E-state index in [0.717, 1.165) is 47.3 Å². The summed E-state index contributed by atoms with van der Waals surface area (Å²) in [6.07, 6.45) is 2.50. The van der Waals surface area contributed by atoms with Gasteiger partial charge < -0.3 is 10.2 Å². The van der Waals surface area contributed by atoms with E-state index in [1.54, 1.807) is 6.33 Å². The first kappa shape index (κ1) is 15.6. The number of nitrogens with zero attached hydrogens (tertiary/aromatic N) is 3. The van der Waals surface area contributed by atoms with Gasteiger partial charge in [0.1, 0.15) is 18.0 Å². The highest BCUT2D eigenvalue weighted by Gasteiger charge is 2.13. The Balaban J connectivity index is 2.26. The maximum atomic E-state index is 6.05. The summed E-state index contributed by atoms with van der Waals surface area (Å²) in [7, 11) is 2.04. The monoisotopic (exact) mass is 304 g/mol. The van der Waals surface area contributed by atoms with E-state index in [0.29, 0.717) is 0 Å². The van der Waals surface area contributed by atoms with Crippen LogP contribution in [0, 0.1) is 0 Å². The van der Waals surface area contributed by atoms with Crippen LogP contribution in [0.3, 0.4) is 0 Å². The van der Waals surface area contributed by atoms with Crippen molar-refractivity contribution < 1.29 is 0 Å². The van der Waals surface area contributed by atoms with Gasteiger partial charge in [0.15, 0.2) is 0 Å². The molecule has 1 aromatic heterocycles. The molecule has 0 amide bonds. The number of hydrogen-bond acceptors (Lipinski definition) is 4. The largest absolute Gasteiger partial charge is 0.370 e. The van der Waals surface area contributed by atoms with Crippen molar-refractivity contribution in [2.24, 2.45) is 0 Å². The lowest BCUT2D eigenvalue weighted by atomic mass is 10.1. The third kappa shape index (κ3) is 3.85. The van der Waals surface area contributed by atoms with Gasteiger partial charge in [0.25, 0.3) is 0 Å². The van der Waals surface area contributed by atoms with Gasteiger partial charge in [0.2, 0.25) is 0 Å². The van der Waals surface area contributed by atoms with Gasteiger partial charge in [-0.15, -0.1) is 0 Å². The quantitative estimate of drug-likeness (QED) is 0.882.